The molecule has 31 heavy (non-hydrogen) atoms. The van der Waals surface area contributed by atoms with Crippen LogP contribution in [0.15, 0.2) is 22.8 Å². The summed E-state index contributed by atoms with van der Waals surface area (Å²) in [6.07, 6.45) is 2.86. The maximum atomic E-state index is 13.0. The molecule has 9 nitrogen and oxygen atoms in total. The summed E-state index contributed by atoms with van der Waals surface area (Å²) in [5, 5.41) is 3.85. The van der Waals surface area contributed by atoms with Crippen molar-refractivity contribution in [3.05, 3.63) is 40.4 Å². The van der Waals surface area contributed by atoms with Crippen molar-refractivity contribution in [2.24, 2.45) is 0 Å². The molecule has 0 saturated carbocycles. The summed E-state index contributed by atoms with van der Waals surface area (Å²) in [6, 6.07) is 3.36. The molecule has 4 rings (SSSR count). The normalized spacial score (nSPS) is 14.7. The molecule has 3 aromatic rings. The molecule has 164 valence electrons. The Morgan fingerprint density at radius 3 is 2.71 bits per heavy atom. The minimum atomic E-state index is -0.147. The molecule has 1 fully saturated rings. The van der Waals surface area contributed by atoms with E-state index < -0.39 is 0 Å². The third-order valence-corrected chi connectivity index (χ3v) is 6.51. The summed E-state index contributed by atoms with van der Waals surface area (Å²) in [4.78, 5) is 37.3. The molecule has 0 aromatic carbocycles. The summed E-state index contributed by atoms with van der Waals surface area (Å²) in [5.41, 5.74) is 0.795. The van der Waals surface area contributed by atoms with Gasteiger partial charge < -0.3 is 24.1 Å². The fourth-order valence-corrected chi connectivity index (χ4v) is 4.83. The monoisotopic (exact) mass is 444 g/mol. The van der Waals surface area contributed by atoms with Gasteiger partial charge in [0.1, 0.15) is 11.4 Å². The number of ether oxygens (including phenoxy) is 2. The molecule has 1 aliphatic heterocycles. The number of nitrogens with zero attached hydrogens (tertiary/aromatic N) is 3. The molecule has 0 spiro atoms. The SMILES string of the molecule is COCc1nc(OC)c2c(C)c(C(=O)NC3CCN(C(=O)c4ccco4)CC3)sc2n1. The van der Waals surface area contributed by atoms with Gasteiger partial charge in [0.2, 0.25) is 5.88 Å². The van der Waals surface area contributed by atoms with E-state index in [2.05, 4.69) is 15.3 Å². The van der Waals surface area contributed by atoms with Gasteiger partial charge >= 0.3 is 0 Å². The van der Waals surface area contributed by atoms with Crippen LogP contribution in [0, 0.1) is 6.92 Å². The van der Waals surface area contributed by atoms with Crippen molar-refractivity contribution in [1.82, 2.24) is 20.2 Å². The minimum absolute atomic E-state index is 0.00482. The molecule has 0 unspecified atom stereocenters. The van der Waals surface area contributed by atoms with E-state index in [0.29, 0.717) is 53.1 Å². The number of methoxy groups -OCH3 is 2. The molecule has 10 heteroatoms. The van der Waals surface area contributed by atoms with Crippen LogP contribution >= 0.6 is 11.3 Å². The average molecular weight is 445 g/mol. The van der Waals surface area contributed by atoms with Crippen LogP contribution in [0.3, 0.4) is 0 Å². The van der Waals surface area contributed by atoms with E-state index in [4.69, 9.17) is 13.9 Å². The number of amides is 2. The Bertz CT molecular complexity index is 1090. The fraction of sp³-hybridized carbons (Fsp3) is 0.429. The summed E-state index contributed by atoms with van der Waals surface area (Å²) < 4.78 is 15.7. The summed E-state index contributed by atoms with van der Waals surface area (Å²) in [5.74, 6) is 1.02. The molecule has 2 amide bonds. The van der Waals surface area contributed by atoms with Crippen LogP contribution in [0.25, 0.3) is 10.2 Å². The van der Waals surface area contributed by atoms with Gasteiger partial charge in [-0.25, -0.2) is 4.98 Å². The highest BCUT2D eigenvalue weighted by Gasteiger charge is 2.28. The van der Waals surface area contributed by atoms with Gasteiger partial charge in [0.25, 0.3) is 11.8 Å². The number of hydrogen-bond donors (Lipinski definition) is 1. The Hall–Kier alpha value is -2.98. The Morgan fingerprint density at radius 1 is 1.29 bits per heavy atom. The van der Waals surface area contributed by atoms with Crippen molar-refractivity contribution >= 4 is 33.4 Å². The zero-order valence-corrected chi connectivity index (χ0v) is 18.5. The van der Waals surface area contributed by atoms with Crippen LogP contribution in [0.5, 0.6) is 5.88 Å². The van der Waals surface area contributed by atoms with Crippen molar-refractivity contribution in [3.63, 3.8) is 0 Å². The molecule has 0 radical (unpaired) electrons. The smallest absolute Gasteiger partial charge is 0.289 e. The van der Waals surface area contributed by atoms with Gasteiger partial charge in [-0.2, -0.15) is 4.98 Å². The highest BCUT2D eigenvalue weighted by molar-refractivity contribution is 7.20. The first-order chi connectivity index (χ1) is 15.0. The predicted molar refractivity (Wildman–Crippen MR) is 115 cm³/mol. The number of piperidine rings is 1. The lowest BCUT2D eigenvalue weighted by molar-refractivity contribution is 0.0667. The molecular weight excluding hydrogens is 420 g/mol. The van der Waals surface area contributed by atoms with Gasteiger partial charge in [-0.3, -0.25) is 9.59 Å². The molecular formula is C21H24N4O5S. The number of fused-ring (bicyclic) bond motifs is 1. The number of rotatable bonds is 6. The first kappa shape index (κ1) is 21.3. The van der Waals surface area contributed by atoms with Gasteiger partial charge in [0.15, 0.2) is 11.6 Å². The molecule has 0 atom stereocenters. The minimum Gasteiger partial charge on any atom is -0.480 e. The summed E-state index contributed by atoms with van der Waals surface area (Å²) in [7, 11) is 3.12. The fourth-order valence-electron chi connectivity index (χ4n) is 3.74. The second kappa shape index (κ2) is 9.03. The van der Waals surface area contributed by atoms with Crippen LogP contribution in [0.1, 0.15) is 44.5 Å². The molecule has 4 heterocycles. The van der Waals surface area contributed by atoms with Crippen molar-refractivity contribution in [3.8, 4) is 5.88 Å². The number of hydrogen-bond acceptors (Lipinski definition) is 8. The van der Waals surface area contributed by atoms with Crippen molar-refractivity contribution in [1.29, 1.82) is 0 Å². The quantitative estimate of drug-likeness (QED) is 0.623. The zero-order chi connectivity index (χ0) is 22.0. The van der Waals surface area contributed by atoms with Gasteiger partial charge in [-0.15, -0.1) is 11.3 Å². The second-order valence-electron chi connectivity index (χ2n) is 7.34. The van der Waals surface area contributed by atoms with E-state index in [0.717, 1.165) is 10.9 Å². The number of carbonyl (C=O) groups is 2. The predicted octanol–water partition coefficient (Wildman–Crippen LogP) is 2.78. The van der Waals surface area contributed by atoms with E-state index in [1.54, 1.807) is 31.3 Å². The lowest BCUT2D eigenvalue weighted by Crippen LogP contribution is -2.46. The topological polar surface area (TPSA) is 107 Å². The van der Waals surface area contributed by atoms with Crippen LogP contribution in [0.2, 0.25) is 0 Å². The third-order valence-electron chi connectivity index (χ3n) is 5.33. The van der Waals surface area contributed by atoms with E-state index >= 15 is 0 Å². The Kier molecular flexibility index (Phi) is 6.19. The Morgan fingerprint density at radius 2 is 2.06 bits per heavy atom. The number of furan rings is 1. The molecule has 3 aromatic heterocycles. The zero-order valence-electron chi connectivity index (χ0n) is 17.6. The van der Waals surface area contributed by atoms with E-state index in [-0.39, 0.29) is 24.5 Å². The van der Waals surface area contributed by atoms with Gasteiger partial charge in [-0.1, -0.05) is 0 Å². The number of nitrogens with one attached hydrogen (secondary N) is 1. The van der Waals surface area contributed by atoms with Crippen LogP contribution in [0.4, 0.5) is 0 Å². The highest BCUT2D eigenvalue weighted by atomic mass is 32.1. The maximum absolute atomic E-state index is 13.0. The number of thiophene rings is 1. The lowest BCUT2D eigenvalue weighted by Gasteiger charge is -2.31. The molecule has 1 saturated heterocycles. The summed E-state index contributed by atoms with van der Waals surface area (Å²) in [6.45, 7) is 3.27. The van der Waals surface area contributed by atoms with E-state index in [9.17, 15) is 9.59 Å². The Balaban J connectivity index is 1.45. The van der Waals surface area contributed by atoms with E-state index in [1.807, 2.05) is 6.92 Å². The highest BCUT2D eigenvalue weighted by Crippen LogP contribution is 2.35. The first-order valence-electron chi connectivity index (χ1n) is 9.98. The number of aromatic nitrogens is 2. The van der Waals surface area contributed by atoms with Gasteiger partial charge in [0.05, 0.1) is 23.6 Å². The molecule has 0 bridgehead atoms. The maximum Gasteiger partial charge on any atom is 0.289 e. The third kappa shape index (κ3) is 4.26. The number of aryl methyl sites for hydroxylation is 1. The number of carbonyl (C=O) groups excluding carboxylic acids is 2. The largest absolute Gasteiger partial charge is 0.480 e. The summed E-state index contributed by atoms with van der Waals surface area (Å²) >= 11 is 1.32. The van der Waals surface area contributed by atoms with Crippen molar-refractivity contribution in [2.45, 2.75) is 32.4 Å². The first-order valence-corrected chi connectivity index (χ1v) is 10.8. The van der Waals surface area contributed by atoms with Crippen molar-refractivity contribution < 1.29 is 23.5 Å². The van der Waals surface area contributed by atoms with Crippen LogP contribution in [-0.2, 0) is 11.3 Å². The van der Waals surface area contributed by atoms with Gasteiger partial charge in [0, 0.05) is 26.2 Å². The molecule has 0 aliphatic carbocycles. The van der Waals surface area contributed by atoms with E-state index in [1.165, 1.54) is 17.6 Å². The van der Waals surface area contributed by atoms with Crippen molar-refractivity contribution in [2.75, 3.05) is 27.3 Å². The average Bonchev–Trinajstić information content (AvgIpc) is 3.42. The van der Waals surface area contributed by atoms with Gasteiger partial charge in [-0.05, 0) is 37.5 Å². The Labute approximate surface area is 183 Å². The molecule has 1 N–H and O–H groups in total. The van der Waals surface area contributed by atoms with Crippen LogP contribution in [-0.4, -0.2) is 60.0 Å². The lowest BCUT2D eigenvalue weighted by atomic mass is 10.0. The number of likely N-dealkylation sites (tertiary alicyclic amines) is 1. The second-order valence-corrected chi connectivity index (χ2v) is 8.33. The standard InChI is InChI=1S/C21H24N4O5S/c1-12-16-19(29-3)23-15(11-28-2)24-20(16)31-17(12)18(26)22-13-6-8-25(9-7-13)21(27)14-5-4-10-30-14/h4-5,10,13H,6-9,11H2,1-3H3,(H,22,26). The molecule has 1 aliphatic rings. The van der Waals surface area contributed by atoms with Crippen LogP contribution < -0.4 is 10.1 Å².